The van der Waals surface area contributed by atoms with Crippen LogP contribution in [-0.2, 0) is 14.8 Å². The molecule has 3 N–H and O–H groups in total. The Bertz CT molecular complexity index is 925. The van der Waals surface area contributed by atoms with Crippen LogP contribution in [0.1, 0.15) is 30.6 Å². The maximum absolute atomic E-state index is 12.6. The summed E-state index contributed by atoms with van der Waals surface area (Å²) >= 11 is 0. The van der Waals surface area contributed by atoms with Crippen molar-refractivity contribution in [1.82, 2.24) is 4.72 Å². The predicted octanol–water partition coefficient (Wildman–Crippen LogP) is 2.42. The lowest BCUT2D eigenvalue weighted by molar-refractivity contribution is -0.115. The highest BCUT2D eigenvalue weighted by molar-refractivity contribution is 7.89. The molecule has 1 atom stereocenters. The monoisotopic (exact) mass is 405 g/mol. The maximum atomic E-state index is 12.6. The van der Waals surface area contributed by atoms with Gasteiger partial charge in [0, 0.05) is 38.4 Å². The van der Waals surface area contributed by atoms with E-state index >= 15 is 0 Å². The second-order valence-corrected chi connectivity index (χ2v) is 8.47. The Morgan fingerprint density at radius 3 is 2.32 bits per heavy atom. The molecular weight excluding hydrogens is 378 g/mol. The van der Waals surface area contributed by atoms with E-state index in [0.717, 1.165) is 5.69 Å². The van der Waals surface area contributed by atoms with Crippen molar-refractivity contribution in [2.24, 2.45) is 0 Å². The predicted molar refractivity (Wildman–Crippen MR) is 111 cm³/mol. The average Bonchev–Trinajstić information content (AvgIpc) is 2.66. The van der Waals surface area contributed by atoms with Crippen LogP contribution in [0.5, 0.6) is 0 Å². The van der Waals surface area contributed by atoms with Gasteiger partial charge in [-0.2, -0.15) is 0 Å². The van der Waals surface area contributed by atoms with Gasteiger partial charge in [-0.05, 0) is 48.4 Å². The van der Waals surface area contributed by atoms with E-state index in [9.17, 15) is 18.3 Å². The normalized spacial score (nSPS) is 12.5. The van der Waals surface area contributed by atoms with Crippen LogP contribution in [0, 0.1) is 6.92 Å². The minimum absolute atomic E-state index is 0.108. The number of aryl methyl sites for hydroxylation is 1. The molecule has 1 amide bonds. The van der Waals surface area contributed by atoms with Gasteiger partial charge in [0.2, 0.25) is 15.9 Å². The first-order valence-corrected chi connectivity index (χ1v) is 10.5. The summed E-state index contributed by atoms with van der Waals surface area (Å²) in [4.78, 5) is 13.5. The molecule has 152 valence electrons. The van der Waals surface area contributed by atoms with Crippen LogP contribution in [0.4, 0.5) is 11.4 Å². The molecule has 0 fully saturated rings. The van der Waals surface area contributed by atoms with E-state index in [1.807, 2.05) is 31.1 Å². The number of aliphatic hydroxyl groups excluding tert-OH is 1. The zero-order chi connectivity index (χ0) is 20.9. The summed E-state index contributed by atoms with van der Waals surface area (Å²) in [6.45, 7) is 3.26. The van der Waals surface area contributed by atoms with Crippen molar-refractivity contribution < 1.29 is 18.3 Å². The van der Waals surface area contributed by atoms with E-state index in [-0.39, 0.29) is 17.3 Å². The van der Waals surface area contributed by atoms with Gasteiger partial charge in [0.1, 0.15) is 0 Å². The number of carbonyl (C=O) groups excluding carboxylic acids is 1. The zero-order valence-corrected chi connectivity index (χ0v) is 17.4. The molecule has 0 heterocycles. The molecule has 0 saturated carbocycles. The van der Waals surface area contributed by atoms with Crippen molar-refractivity contribution in [3.05, 3.63) is 53.6 Å². The molecule has 7 nitrogen and oxygen atoms in total. The van der Waals surface area contributed by atoms with Gasteiger partial charge in [-0.1, -0.05) is 19.1 Å². The quantitative estimate of drug-likeness (QED) is 0.626. The number of aliphatic hydroxyl groups is 1. The second kappa shape index (κ2) is 9.18. The van der Waals surface area contributed by atoms with E-state index in [1.165, 1.54) is 6.07 Å². The molecule has 0 aromatic heterocycles. The van der Waals surface area contributed by atoms with Crippen molar-refractivity contribution in [2.45, 2.75) is 31.3 Å². The number of sulfonamides is 1. The SMILES string of the molecule is CCC(=O)Nc1ccc(S(=O)(=O)NC[C@H](O)c2ccc(N(C)C)cc2)c(C)c1. The van der Waals surface area contributed by atoms with Gasteiger partial charge in [0.25, 0.3) is 0 Å². The van der Waals surface area contributed by atoms with Crippen LogP contribution < -0.4 is 14.9 Å². The lowest BCUT2D eigenvalue weighted by Crippen LogP contribution is -2.29. The van der Waals surface area contributed by atoms with Gasteiger partial charge >= 0.3 is 0 Å². The first kappa shape index (κ1) is 21.9. The molecule has 0 aliphatic rings. The Hall–Kier alpha value is -2.42. The zero-order valence-electron chi connectivity index (χ0n) is 16.6. The summed E-state index contributed by atoms with van der Waals surface area (Å²) < 4.78 is 27.7. The molecule has 2 rings (SSSR count). The van der Waals surface area contributed by atoms with E-state index in [2.05, 4.69) is 10.0 Å². The molecule has 0 radical (unpaired) electrons. The Morgan fingerprint density at radius 1 is 1.14 bits per heavy atom. The minimum atomic E-state index is -3.80. The van der Waals surface area contributed by atoms with E-state index in [0.29, 0.717) is 23.2 Å². The van der Waals surface area contributed by atoms with Crippen molar-refractivity contribution in [2.75, 3.05) is 30.9 Å². The molecule has 0 bridgehead atoms. The smallest absolute Gasteiger partial charge is 0.240 e. The topological polar surface area (TPSA) is 98.7 Å². The lowest BCUT2D eigenvalue weighted by Gasteiger charge is -2.16. The largest absolute Gasteiger partial charge is 0.387 e. The Balaban J connectivity index is 2.07. The number of anilines is 2. The number of carbonyl (C=O) groups is 1. The number of nitrogens with one attached hydrogen (secondary N) is 2. The van der Waals surface area contributed by atoms with Crippen LogP contribution >= 0.6 is 0 Å². The van der Waals surface area contributed by atoms with Gasteiger partial charge in [-0.3, -0.25) is 4.79 Å². The molecule has 0 aliphatic heterocycles. The van der Waals surface area contributed by atoms with E-state index in [1.54, 1.807) is 38.1 Å². The van der Waals surface area contributed by atoms with Crippen molar-refractivity contribution in [3.8, 4) is 0 Å². The molecule has 0 aliphatic carbocycles. The Labute approximate surface area is 166 Å². The highest BCUT2D eigenvalue weighted by atomic mass is 32.2. The van der Waals surface area contributed by atoms with Crippen LogP contribution in [0.25, 0.3) is 0 Å². The molecule has 2 aromatic carbocycles. The molecule has 28 heavy (non-hydrogen) atoms. The number of benzene rings is 2. The van der Waals surface area contributed by atoms with Crippen LogP contribution in [0.2, 0.25) is 0 Å². The third kappa shape index (κ3) is 5.54. The lowest BCUT2D eigenvalue weighted by atomic mass is 10.1. The van der Waals surface area contributed by atoms with Gasteiger partial charge in [0.15, 0.2) is 0 Å². The highest BCUT2D eigenvalue weighted by Crippen LogP contribution is 2.21. The fourth-order valence-corrected chi connectivity index (χ4v) is 3.92. The number of nitrogens with zero attached hydrogens (tertiary/aromatic N) is 1. The standard InChI is InChI=1S/C20H27N3O4S/c1-5-20(25)22-16-8-11-19(14(2)12-16)28(26,27)21-13-18(24)15-6-9-17(10-7-15)23(3)4/h6-12,18,21,24H,5,13H2,1-4H3,(H,22,25)/t18-/m0/s1. The molecule has 2 aromatic rings. The first-order valence-electron chi connectivity index (χ1n) is 8.99. The van der Waals surface area contributed by atoms with Gasteiger partial charge in [-0.15, -0.1) is 0 Å². The van der Waals surface area contributed by atoms with E-state index in [4.69, 9.17) is 0 Å². The minimum Gasteiger partial charge on any atom is -0.387 e. The van der Waals surface area contributed by atoms with Crippen molar-refractivity contribution >= 4 is 27.3 Å². The summed E-state index contributed by atoms with van der Waals surface area (Å²) in [5.74, 6) is -0.142. The Kier molecular flexibility index (Phi) is 7.17. The summed E-state index contributed by atoms with van der Waals surface area (Å²) in [7, 11) is 0.0377. The van der Waals surface area contributed by atoms with Crippen LogP contribution in [-0.4, -0.2) is 40.1 Å². The third-order valence-electron chi connectivity index (χ3n) is 4.33. The summed E-state index contributed by atoms with van der Waals surface area (Å²) in [5.41, 5.74) is 2.67. The number of hydrogen-bond donors (Lipinski definition) is 3. The molecular formula is C20H27N3O4S. The third-order valence-corrected chi connectivity index (χ3v) is 5.91. The van der Waals surface area contributed by atoms with Gasteiger partial charge < -0.3 is 15.3 Å². The molecule has 8 heteroatoms. The summed E-state index contributed by atoms with van der Waals surface area (Å²) in [5, 5.41) is 13.0. The average molecular weight is 406 g/mol. The van der Waals surface area contributed by atoms with Crippen LogP contribution in [0.15, 0.2) is 47.4 Å². The van der Waals surface area contributed by atoms with E-state index < -0.39 is 16.1 Å². The van der Waals surface area contributed by atoms with Gasteiger partial charge in [-0.25, -0.2) is 13.1 Å². The Morgan fingerprint density at radius 2 is 1.79 bits per heavy atom. The van der Waals surface area contributed by atoms with Crippen molar-refractivity contribution in [3.63, 3.8) is 0 Å². The highest BCUT2D eigenvalue weighted by Gasteiger charge is 2.19. The van der Waals surface area contributed by atoms with Crippen molar-refractivity contribution in [1.29, 1.82) is 0 Å². The molecule has 0 saturated heterocycles. The number of hydrogen-bond acceptors (Lipinski definition) is 5. The second-order valence-electron chi connectivity index (χ2n) is 6.74. The first-order chi connectivity index (χ1) is 13.1. The number of amides is 1. The maximum Gasteiger partial charge on any atom is 0.240 e. The molecule has 0 spiro atoms. The number of rotatable bonds is 8. The summed E-state index contributed by atoms with van der Waals surface area (Å²) in [6, 6.07) is 11.9. The van der Waals surface area contributed by atoms with Crippen LogP contribution in [0.3, 0.4) is 0 Å². The van der Waals surface area contributed by atoms with Gasteiger partial charge in [0.05, 0.1) is 11.0 Å². The summed E-state index contributed by atoms with van der Waals surface area (Å²) in [6.07, 6.45) is -0.622. The fourth-order valence-electron chi connectivity index (χ4n) is 2.66. The fraction of sp³-hybridized carbons (Fsp3) is 0.350. The molecule has 0 unspecified atom stereocenters.